The van der Waals surface area contributed by atoms with Crippen molar-refractivity contribution in [3.05, 3.63) is 0 Å². The largest absolute Gasteiger partial charge is 0.361 e. The van der Waals surface area contributed by atoms with E-state index < -0.39 is 0 Å². The third-order valence-corrected chi connectivity index (χ3v) is 1.97. The highest BCUT2D eigenvalue weighted by molar-refractivity contribution is 4.74. The van der Waals surface area contributed by atoms with E-state index in [1.807, 2.05) is 0 Å². The summed E-state index contributed by atoms with van der Waals surface area (Å²) in [6.07, 6.45) is 3.45. The van der Waals surface area contributed by atoms with Crippen LogP contribution in [0.25, 0.3) is 0 Å². The summed E-state index contributed by atoms with van der Waals surface area (Å²) in [7, 11) is 0. The van der Waals surface area contributed by atoms with Crippen molar-refractivity contribution in [1.29, 1.82) is 0 Å². The van der Waals surface area contributed by atoms with Gasteiger partial charge in [-0.3, -0.25) is 5.32 Å². The molecule has 1 N–H and O–H groups in total. The van der Waals surface area contributed by atoms with Gasteiger partial charge in [-0.2, -0.15) is 0 Å². The van der Waals surface area contributed by atoms with Gasteiger partial charge in [0.25, 0.3) is 0 Å². The molecular weight excluding hydrogens is 126 g/mol. The standard InChI is InChI=1S/C8H17NO/c1-3-5-8(2)9-6-4-7-10-8/h9H,3-7H2,1-2H3. The zero-order chi connectivity index (χ0) is 7.45. The van der Waals surface area contributed by atoms with E-state index in [9.17, 15) is 0 Å². The van der Waals surface area contributed by atoms with Crippen molar-refractivity contribution in [3.63, 3.8) is 0 Å². The van der Waals surface area contributed by atoms with Crippen LogP contribution in [0.15, 0.2) is 0 Å². The molecule has 0 amide bonds. The van der Waals surface area contributed by atoms with Crippen LogP contribution >= 0.6 is 0 Å². The van der Waals surface area contributed by atoms with Crippen molar-refractivity contribution in [2.24, 2.45) is 0 Å². The lowest BCUT2D eigenvalue weighted by atomic mass is 10.1. The summed E-state index contributed by atoms with van der Waals surface area (Å²) in [5.74, 6) is 0. The van der Waals surface area contributed by atoms with Gasteiger partial charge in [-0.15, -0.1) is 0 Å². The molecule has 0 saturated carbocycles. The maximum absolute atomic E-state index is 5.59. The molecule has 60 valence electrons. The number of hydrogen-bond donors (Lipinski definition) is 1. The van der Waals surface area contributed by atoms with Gasteiger partial charge in [0, 0.05) is 0 Å². The molecule has 2 heteroatoms. The summed E-state index contributed by atoms with van der Waals surface area (Å²) in [6.45, 7) is 6.35. The van der Waals surface area contributed by atoms with E-state index in [1.54, 1.807) is 0 Å². The molecule has 0 aliphatic carbocycles. The quantitative estimate of drug-likeness (QED) is 0.632. The smallest absolute Gasteiger partial charge is 0.116 e. The second-order valence-electron chi connectivity index (χ2n) is 3.11. The molecule has 1 aliphatic rings. The first-order valence-electron chi connectivity index (χ1n) is 4.16. The average Bonchev–Trinajstić information content (AvgIpc) is 1.89. The van der Waals surface area contributed by atoms with Gasteiger partial charge in [-0.05, 0) is 26.3 Å². The van der Waals surface area contributed by atoms with Crippen LogP contribution in [-0.4, -0.2) is 18.9 Å². The predicted molar refractivity (Wildman–Crippen MR) is 41.9 cm³/mol. The molecule has 1 atom stereocenters. The van der Waals surface area contributed by atoms with Gasteiger partial charge in [0.05, 0.1) is 6.61 Å². The van der Waals surface area contributed by atoms with Crippen LogP contribution in [0.2, 0.25) is 0 Å². The Balaban J connectivity index is 2.32. The molecule has 0 bridgehead atoms. The first-order valence-corrected chi connectivity index (χ1v) is 4.16. The SMILES string of the molecule is CCCC1(C)NCCCO1. The van der Waals surface area contributed by atoms with Crippen LogP contribution in [0.5, 0.6) is 0 Å². The molecule has 2 nitrogen and oxygen atoms in total. The first-order chi connectivity index (χ1) is 4.77. The van der Waals surface area contributed by atoms with Crippen molar-refractivity contribution in [2.75, 3.05) is 13.2 Å². The highest BCUT2D eigenvalue weighted by Crippen LogP contribution is 2.16. The van der Waals surface area contributed by atoms with Crippen LogP contribution in [0, 0.1) is 0 Å². The Labute approximate surface area is 63.0 Å². The lowest BCUT2D eigenvalue weighted by molar-refractivity contribution is -0.0871. The molecule has 1 heterocycles. The Morgan fingerprint density at radius 1 is 1.60 bits per heavy atom. The lowest BCUT2D eigenvalue weighted by Gasteiger charge is -2.34. The maximum Gasteiger partial charge on any atom is 0.116 e. The van der Waals surface area contributed by atoms with Crippen LogP contribution in [0.3, 0.4) is 0 Å². The van der Waals surface area contributed by atoms with Crippen LogP contribution in [-0.2, 0) is 4.74 Å². The summed E-state index contributed by atoms with van der Waals surface area (Å²) >= 11 is 0. The Kier molecular flexibility index (Phi) is 2.69. The lowest BCUT2D eigenvalue weighted by Crippen LogP contribution is -2.49. The van der Waals surface area contributed by atoms with E-state index in [1.165, 1.54) is 6.42 Å². The van der Waals surface area contributed by atoms with Gasteiger partial charge in [0.1, 0.15) is 5.72 Å². The molecular formula is C8H17NO. The number of rotatable bonds is 2. The monoisotopic (exact) mass is 143 g/mol. The van der Waals surface area contributed by atoms with Crippen molar-refractivity contribution in [3.8, 4) is 0 Å². The minimum Gasteiger partial charge on any atom is -0.361 e. The third-order valence-electron chi connectivity index (χ3n) is 1.97. The van der Waals surface area contributed by atoms with Gasteiger partial charge in [0.15, 0.2) is 0 Å². The summed E-state index contributed by atoms with van der Waals surface area (Å²) in [6, 6.07) is 0. The van der Waals surface area contributed by atoms with E-state index in [0.29, 0.717) is 0 Å². The normalized spacial score (nSPS) is 34.2. The van der Waals surface area contributed by atoms with E-state index in [4.69, 9.17) is 4.74 Å². The topological polar surface area (TPSA) is 21.3 Å². The van der Waals surface area contributed by atoms with Gasteiger partial charge in [0.2, 0.25) is 0 Å². The minimum absolute atomic E-state index is 0.0208. The fourth-order valence-corrected chi connectivity index (χ4v) is 1.41. The summed E-state index contributed by atoms with van der Waals surface area (Å²) in [5.41, 5.74) is -0.0208. The van der Waals surface area contributed by atoms with E-state index >= 15 is 0 Å². The van der Waals surface area contributed by atoms with Crippen molar-refractivity contribution in [2.45, 2.75) is 38.8 Å². The molecule has 0 aromatic rings. The van der Waals surface area contributed by atoms with E-state index in [-0.39, 0.29) is 5.72 Å². The fraction of sp³-hybridized carbons (Fsp3) is 1.00. The van der Waals surface area contributed by atoms with Crippen LogP contribution in [0.1, 0.15) is 33.1 Å². The molecule has 1 saturated heterocycles. The fourth-order valence-electron chi connectivity index (χ4n) is 1.41. The second-order valence-corrected chi connectivity index (χ2v) is 3.11. The van der Waals surface area contributed by atoms with Gasteiger partial charge >= 0.3 is 0 Å². The molecule has 1 aliphatic heterocycles. The van der Waals surface area contributed by atoms with Crippen molar-refractivity contribution >= 4 is 0 Å². The first kappa shape index (κ1) is 8.02. The average molecular weight is 143 g/mol. The third kappa shape index (κ3) is 1.96. The highest BCUT2D eigenvalue weighted by atomic mass is 16.5. The molecule has 0 aromatic carbocycles. The van der Waals surface area contributed by atoms with Crippen LogP contribution in [0.4, 0.5) is 0 Å². The van der Waals surface area contributed by atoms with E-state index in [2.05, 4.69) is 19.2 Å². The summed E-state index contributed by atoms with van der Waals surface area (Å²) in [4.78, 5) is 0. The second kappa shape index (κ2) is 3.35. The highest BCUT2D eigenvalue weighted by Gasteiger charge is 2.25. The van der Waals surface area contributed by atoms with Crippen molar-refractivity contribution in [1.82, 2.24) is 5.32 Å². The van der Waals surface area contributed by atoms with E-state index in [0.717, 1.165) is 26.0 Å². The van der Waals surface area contributed by atoms with Gasteiger partial charge in [-0.1, -0.05) is 13.3 Å². The van der Waals surface area contributed by atoms with Crippen molar-refractivity contribution < 1.29 is 4.74 Å². The number of ether oxygens (including phenoxy) is 1. The predicted octanol–water partition coefficient (Wildman–Crippen LogP) is 1.51. The number of nitrogens with one attached hydrogen (secondary N) is 1. The number of hydrogen-bond acceptors (Lipinski definition) is 2. The zero-order valence-corrected chi connectivity index (χ0v) is 6.94. The molecule has 1 rings (SSSR count). The minimum atomic E-state index is -0.0208. The Morgan fingerprint density at radius 3 is 2.90 bits per heavy atom. The molecule has 1 fully saturated rings. The zero-order valence-electron chi connectivity index (χ0n) is 6.94. The Bertz CT molecular complexity index is 91.9. The Hall–Kier alpha value is -0.0800. The van der Waals surface area contributed by atoms with Crippen LogP contribution < -0.4 is 5.32 Å². The molecule has 0 spiro atoms. The van der Waals surface area contributed by atoms with Gasteiger partial charge < -0.3 is 4.74 Å². The van der Waals surface area contributed by atoms with Gasteiger partial charge in [-0.25, -0.2) is 0 Å². The maximum atomic E-state index is 5.59. The molecule has 0 aromatic heterocycles. The Morgan fingerprint density at radius 2 is 2.40 bits per heavy atom. The molecule has 0 radical (unpaired) electrons. The summed E-state index contributed by atoms with van der Waals surface area (Å²) in [5, 5.41) is 3.37. The molecule has 1 unspecified atom stereocenters. The summed E-state index contributed by atoms with van der Waals surface area (Å²) < 4.78 is 5.59. The molecule has 10 heavy (non-hydrogen) atoms.